The summed E-state index contributed by atoms with van der Waals surface area (Å²) in [5.74, 6) is 1.36. The Balaban J connectivity index is 1.38. The first-order chi connectivity index (χ1) is 15.3. The Morgan fingerprint density at radius 3 is 2.66 bits per heavy atom. The SMILES string of the molecule is O=C(/C=C/c1cc(Cl)c2c(c1)OCCO2)N1CCCN(c2ccc(C(F)(F)F)cn2)CC1. The second kappa shape index (κ2) is 9.28. The van der Waals surface area contributed by atoms with Crippen molar-refractivity contribution in [1.82, 2.24) is 9.88 Å². The van der Waals surface area contributed by atoms with Crippen molar-refractivity contribution < 1.29 is 27.4 Å². The number of carbonyl (C=O) groups is 1. The molecule has 0 atom stereocenters. The van der Waals surface area contributed by atoms with Crippen LogP contribution in [0, 0.1) is 0 Å². The number of amides is 1. The first-order valence-electron chi connectivity index (χ1n) is 10.2. The van der Waals surface area contributed by atoms with Crippen molar-refractivity contribution >= 4 is 29.4 Å². The van der Waals surface area contributed by atoms with E-state index in [1.165, 1.54) is 12.1 Å². The molecule has 2 aromatic rings. The molecule has 1 aromatic carbocycles. The van der Waals surface area contributed by atoms with Crippen molar-refractivity contribution in [3.8, 4) is 11.5 Å². The summed E-state index contributed by atoms with van der Waals surface area (Å²) in [6.07, 6.45) is 0.254. The molecule has 10 heteroatoms. The zero-order chi connectivity index (χ0) is 22.7. The lowest BCUT2D eigenvalue weighted by Crippen LogP contribution is -2.34. The van der Waals surface area contributed by atoms with E-state index < -0.39 is 11.7 Å². The highest BCUT2D eigenvalue weighted by Crippen LogP contribution is 2.38. The van der Waals surface area contributed by atoms with Crippen molar-refractivity contribution in [2.75, 3.05) is 44.3 Å². The van der Waals surface area contributed by atoms with Crippen LogP contribution in [0.3, 0.4) is 0 Å². The van der Waals surface area contributed by atoms with Crippen molar-refractivity contribution in [2.45, 2.75) is 12.6 Å². The van der Waals surface area contributed by atoms with Crippen molar-refractivity contribution in [1.29, 1.82) is 0 Å². The third-order valence-electron chi connectivity index (χ3n) is 5.24. The third-order valence-corrected chi connectivity index (χ3v) is 5.53. The molecule has 0 spiro atoms. The van der Waals surface area contributed by atoms with Gasteiger partial charge in [-0.25, -0.2) is 4.98 Å². The number of anilines is 1. The van der Waals surface area contributed by atoms with Crippen LogP contribution in [0.15, 0.2) is 36.5 Å². The average Bonchev–Trinajstić information content (AvgIpc) is 3.03. The van der Waals surface area contributed by atoms with Gasteiger partial charge >= 0.3 is 6.18 Å². The van der Waals surface area contributed by atoms with Crippen LogP contribution in [0.2, 0.25) is 5.02 Å². The molecule has 4 rings (SSSR count). The van der Waals surface area contributed by atoms with Gasteiger partial charge in [0.05, 0.1) is 10.6 Å². The highest BCUT2D eigenvalue weighted by molar-refractivity contribution is 6.32. The predicted molar refractivity (Wildman–Crippen MR) is 114 cm³/mol. The minimum atomic E-state index is -4.42. The number of benzene rings is 1. The molecule has 6 nitrogen and oxygen atoms in total. The number of aromatic nitrogens is 1. The average molecular weight is 468 g/mol. The fourth-order valence-electron chi connectivity index (χ4n) is 3.61. The summed E-state index contributed by atoms with van der Waals surface area (Å²) in [5.41, 5.74) is -0.0599. The van der Waals surface area contributed by atoms with E-state index in [-0.39, 0.29) is 5.91 Å². The molecule has 0 unspecified atom stereocenters. The summed E-state index contributed by atoms with van der Waals surface area (Å²) < 4.78 is 49.3. The monoisotopic (exact) mass is 467 g/mol. The molecule has 1 saturated heterocycles. The van der Waals surface area contributed by atoms with Gasteiger partial charge in [0.25, 0.3) is 0 Å². The maximum Gasteiger partial charge on any atom is 0.417 e. The number of carbonyl (C=O) groups excluding carboxylic acids is 1. The molecule has 0 aliphatic carbocycles. The predicted octanol–water partition coefficient (Wildman–Crippen LogP) is 4.28. The number of halogens is 4. The van der Waals surface area contributed by atoms with Gasteiger partial charge in [-0.15, -0.1) is 0 Å². The minimum Gasteiger partial charge on any atom is -0.486 e. The highest BCUT2D eigenvalue weighted by atomic mass is 35.5. The van der Waals surface area contributed by atoms with E-state index in [1.807, 2.05) is 4.90 Å². The van der Waals surface area contributed by atoms with Gasteiger partial charge in [-0.1, -0.05) is 11.6 Å². The number of pyridine rings is 1. The molecule has 0 N–H and O–H groups in total. The van der Waals surface area contributed by atoms with Crippen molar-refractivity contribution in [3.63, 3.8) is 0 Å². The Morgan fingerprint density at radius 1 is 1.09 bits per heavy atom. The van der Waals surface area contributed by atoms with Crippen LogP contribution in [0.5, 0.6) is 11.5 Å². The van der Waals surface area contributed by atoms with E-state index in [1.54, 1.807) is 23.1 Å². The van der Waals surface area contributed by atoms with Crippen molar-refractivity contribution in [3.05, 3.63) is 52.7 Å². The summed E-state index contributed by atoms with van der Waals surface area (Å²) >= 11 is 6.23. The Kier molecular flexibility index (Phi) is 6.45. The second-order valence-electron chi connectivity index (χ2n) is 7.43. The molecular weight excluding hydrogens is 447 g/mol. The fourth-order valence-corrected chi connectivity index (χ4v) is 3.88. The normalized spacial score (nSPS) is 16.9. The lowest BCUT2D eigenvalue weighted by atomic mass is 10.1. The number of alkyl halides is 3. The lowest BCUT2D eigenvalue weighted by molar-refractivity contribution is -0.137. The van der Waals surface area contributed by atoms with E-state index in [0.717, 1.165) is 17.8 Å². The molecule has 1 amide bonds. The van der Waals surface area contributed by atoms with Gasteiger partial charge in [0.15, 0.2) is 11.5 Å². The number of rotatable bonds is 3. The van der Waals surface area contributed by atoms with E-state index in [0.29, 0.717) is 68.2 Å². The van der Waals surface area contributed by atoms with E-state index in [4.69, 9.17) is 21.1 Å². The maximum absolute atomic E-state index is 12.7. The van der Waals surface area contributed by atoms with Crippen LogP contribution < -0.4 is 14.4 Å². The van der Waals surface area contributed by atoms with Crippen molar-refractivity contribution in [2.24, 2.45) is 0 Å². The Labute approximate surface area is 188 Å². The van der Waals surface area contributed by atoms with E-state index >= 15 is 0 Å². The third kappa shape index (κ3) is 5.09. The zero-order valence-corrected chi connectivity index (χ0v) is 17.8. The first kappa shape index (κ1) is 22.3. The smallest absolute Gasteiger partial charge is 0.417 e. The van der Waals surface area contributed by atoms with Crippen LogP contribution in [0.1, 0.15) is 17.5 Å². The molecular formula is C22H21ClF3N3O3. The Morgan fingerprint density at radius 2 is 1.91 bits per heavy atom. The van der Waals surface area contributed by atoms with Gasteiger partial charge in [-0.2, -0.15) is 13.2 Å². The Hall–Kier alpha value is -2.94. The van der Waals surface area contributed by atoms with Gasteiger partial charge in [-0.3, -0.25) is 4.79 Å². The number of nitrogens with zero attached hydrogens (tertiary/aromatic N) is 3. The highest BCUT2D eigenvalue weighted by Gasteiger charge is 2.31. The molecule has 0 saturated carbocycles. The number of hydrogen-bond acceptors (Lipinski definition) is 5. The summed E-state index contributed by atoms with van der Waals surface area (Å²) in [6.45, 7) is 2.94. The molecule has 3 heterocycles. The molecule has 32 heavy (non-hydrogen) atoms. The topological polar surface area (TPSA) is 54.9 Å². The molecule has 2 aliphatic rings. The van der Waals surface area contributed by atoms with Crippen LogP contribution in [0.25, 0.3) is 6.08 Å². The molecule has 0 radical (unpaired) electrons. The fraction of sp³-hybridized carbons (Fsp3) is 0.364. The zero-order valence-electron chi connectivity index (χ0n) is 17.1. The van der Waals surface area contributed by atoms with Crippen LogP contribution in [0.4, 0.5) is 19.0 Å². The standard InChI is InChI=1S/C22H21ClF3N3O3/c23-17-12-15(13-18-21(17)32-11-10-31-18)2-5-20(30)29-7-1-6-28(8-9-29)19-4-3-16(14-27-19)22(24,25)26/h2-5,12-14H,1,6-11H2/b5-2+. The first-order valence-corrected chi connectivity index (χ1v) is 10.5. The summed E-state index contributed by atoms with van der Waals surface area (Å²) in [4.78, 5) is 20.2. The minimum absolute atomic E-state index is 0.154. The van der Waals surface area contributed by atoms with Gasteiger partial charge in [0.2, 0.25) is 5.91 Å². The summed E-state index contributed by atoms with van der Waals surface area (Å²) in [7, 11) is 0. The molecule has 170 valence electrons. The van der Waals surface area contributed by atoms with Gasteiger partial charge in [-0.05, 0) is 42.3 Å². The van der Waals surface area contributed by atoms with E-state index in [9.17, 15) is 18.0 Å². The molecule has 0 bridgehead atoms. The summed E-state index contributed by atoms with van der Waals surface area (Å²) in [6, 6.07) is 5.87. The molecule has 2 aliphatic heterocycles. The largest absolute Gasteiger partial charge is 0.486 e. The van der Waals surface area contributed by atoms with Gasteiger partial charge in [0.1, 0.15) is 19.0 Å². The van der Waals surface area contributed by atoms with Crippen LogP contribution in [-0.4, -0.2) is 55.2 Å². The quantitative estimate of drug-likeness (QED) is 0.631. The molecule has 1 fully saturated rings. The van der Waals surface area contributed by atoms with E-state index in [2.05, 4.69) is 4.98 Å². The number of hydrogen-bond donors (Lipinski definition) is 0. The lowest BCUT2D eigenvalue weighted by Gasteiger charge is -2.22. The second-order valence-corrected chi connectivity index (χ2v) is 7.84. The summed E-state index contributed by atoms with van der Waals surface area (Å²) in [5, 5.41) is 0.420. The molecule has 1 aromatic heterocycles. The van der Waals surface area contributed by atoms with Gasteiger partial charge in [0, 0.05) is 38.5 Å². The number of ether oxygens (including phenoxy) is 2. The van der Waals surface area contributed by atoms with Crippen LogP contribution >= 0.6 is 11.6 Å². The van der Waals surface area contributed by atoms with Crippen LogP contribution in [-0.2, 0) is 11.0 Å². The number of fused-ring (bicyclic) bond motifs is 1. The van der Waals surface area contributed by atoms with Gasteiger partial charge < -0.3 is 19.3 Å². The Bertz CT molecular complexity index is 1010. The maximum atomic E-state index is 12.7.